The number of thiophene rings is 1. The number of nitrogens with zero attached hydrogens (tertiary/aromatic N) is 2. The number of benzene rings is 2. The molecule has 1 N–H and O–H groups in total. The van der Waals surface area contributed by atoms with Gasteiger partial charge in [-0.15, -0.1) is 11.3 Å². The van der Waals surface area contributed by atoms with Gasteiger partial charge in [-0.05, 0) is 61.4 Å². The van der Waals surface area contributed by atoms with E-state index in [1.54, 1.807) is 23.5 Å². The Kier molecular flexibility index (Phi) is 6.95. The van der Waals surface area contributed by atoms with E-state index < -0.39 is 0 Å². The molecule has 3 heterocycles. The number of amides is 1. The van der Waals surface area contributed by atoms with Gasteiger partial charge >= 0.3 is 0 Å². The fourth-order valence-electron chi connectivity index (χ4n) is 4.72. The fraction of sp³-hybridized carbons (Fsp3) is 0.250. The molecular formula is C28H28ClN3O2S. The van der Waals surface area contributed by atoms with Crippen molar-refractivity contribution in [2.24, 2.45) is 0 Å². The topological polar surface area (TPSA) is 48.7 Å². The van der Waals surface area contributed by atoms with Crippen LogP contribution in [0, 0.1) is 13.8 Å². The minimum Gasteiger partial charge on any atom is -0.459 e. The summed E-state index contributed by atoms with van der Waals surface area (Å²) < 4.78 is 5.33. The molecule has 7 heteroatoms. The Bertz CT molecular complexity index is 1280. The van der Waals surface area contributed by atoms with E-state index >= 15 is 0 Å². The van der Waals surface area contributed by atoms with Crippen molar-refractivity contribution < 1.29 is 9.21 Å². The molecule has 0 aliphatic carbocycles. The minimum absolute atomic E-state index is 0.00189. The van der Waals surface area contributed by atoms with Crippen molar-refractivity contribution in [3.8, 4) is 0 Å². The molecule has 1 aliphatic heterocycles. The molecule has 0 saturated carbocycles. The first-order valence-corrected chi connectivity index (χ1v) is 12.9. The van der Waals surface area contributed by atoms with Crippen molar-refractivity contribution in [1.82, 2.24) is 4.90 Å². The average Bonchev–Trinajstić information content (AvgIpc) is 3.51. The summed E-state index contributed by atoms with van der Waals surface area (Å²) >= 11 is 7.86. The first-order valence-electron chi connectivity index (χ1n) is 11.8. The molecule has 0 bridgehead atoms. The fourth-order valence-corrected chi connectivity index (χ4v) is 5.94. The molecule has 1 atom stereocenters. The van der Waals surface area contributed by atoms with E-state index in [-0.39, 0.29) is 11.9 Å². The zero-order chi connectivity index (χ0) is 24.4. The Labute approximate surface area is 214 Å². The quantitative estimate of drug-likeness (QED) is 0.314. The van der Waals surface area contributed by atoms with E-state index in [2.05, 4.69) is 71.4 Å². The van der Waals surface area contributed by atoms with E-state index in [4.69, 9.17) is 16.0 Å². The van der Waals surface area contributed by atoms with Crippen LogP contribution in [0.2, 0.25) is 5.02 Å². The Morgan fingerprint density at radius 1 is 0.971 bits per heavy atom. The highest BCUT2D eigenvalue weighted by Crippen LogP contribution is 2.43. The lowest BCUT2D eigenvalue weighted by Crippen LogP contribution is -2.48. The summed E-state index contributed by atoms with van der Waals surface area (Å²) in [5.74, 6) is 0.0698. The van der Waals surface area contributed by atoms with Crippen molar-refractivity contribution in [3.63, 3.8) is 0 Å². The monoisotopic (exact) mass is 505 g/mol. The van der Waals surface area contributed by atoms with Crippen LogP contribution in [-0.2, 0) is 0 Å². The molecule has 35 heavy (non-hydrogen) atoms. The molecule has 0 unspecified atom stereocenters. The maximum atomic E-state index is 12.9. The number of rotatable bonds is 6. The molecule has 1 aliphatic rings. The third kappa shape index (κ3) is 5.01. The lowest BCUT2D eigenvalue weighted by atomic mass is 9.94. The van der Waals surface area contributed by atoms with Crippen molar-refractivity contribution in [3.05, 3.63) is 105 Å². The number of piperazine rings is 1. The molecule has 0 spiro atoms. The van der Waals surface area contributed by atoms with Crippen molar-refractivity contribution in [2.45, 2.75) is 19.9 Å². The largest absolute Gasteiger partial charge is 0.459 e. The van der Waals surface area contributed by atoms with Crippen LogP contribution in [0.3, 0.4) is 0 Å². The summed E-state index contributed by atoms with van der Waals surface area (Å²) in [6.07, 6.45) is 1.52. The number of halogens is 1. The maximum Gasteiger partial charge on any atom is 0.291 e. The van der Waals surface area contributed by atoms with Gasteiger partial charge in [0, 0.05) is 47.3 Å². The molecule has 2 aromatic heterocycles. The molecule has 0 radical (unpaired) electrons. The zero-order valence-electron chi connectivity index (χ0n) is 19.8. The smallest absolute Gasteiger partial charge is 0.291 e. The number of para-hydroxylation sites is 1. The van der Waals surface area contributed by atoms with Crippen LogP contribution in [-0.4, -0.2) is 37.0 Å². The highest BCUT2D eigenvalue weighted by molar-refractivity contribution is 7.16. The van der Waals surface area contributed by atoms with Crippen molar-refractivity contribution in [1.29, 1.82) is 0 Å². The number of furan rings is 1. The molecule has 180 valence electrons. The summed E-state index contributed by atoms with van der Waals surface area (Å²) in [5.41, 5.74) is 4.76. The van der Waals surface area contributed by atoms with Gasteiger partial charge in [-0.25, -0.2) is 0 Å². The SMILES string of the molecule is Cc1sc(NC(=O)c2ccco2)c([C@@H](c2ccc(Cl)cc2)N2CCN(c3ccccc3)CC2)c1C. The van der Waals surface area contributed by atoms with Crippen LogP contribution in [0.15, 0.2) is 77.4 Å². The molecular weight excluding hydrogens is 478 g/mol. The number of hydrogen-bond acceptors (Lipinski definition) is 5. The summed E-state index contributed by atoms with van der Waals surface area (Å²) in [6.45, 7) is 7.93. The van der Waals surface area contributed by atoms with Crippen LogP contribution < -0.4 is 10.2 Å². The number of carbonyl (C=O) groups excluding carboxylic acids is 1. The predicted molar refractivity (Wildman–Crippen MR) is 144 cm³/mol. The lowest BCUT2D eigenvalue weighted by Gasteiger charge is -2.41. The van der Waals surface area contributed by atoms with Crippen molar-refractivity contribution in [2.75, 3.05) is 36.4 Å². The minimum atomic E-state index is -0.235. The van der Waals surface area contributed by atoms with Gasteiger partial charge in [0.1, 0.15) is 5.00 Å². The van der Waals surface area contributed by atoms with E-state index in [9.17, 15) is 4.79 Å². The van der Waals surface area contributed by atoms with Crippen LogP contribution in [0.1, 0.15) is 38.2 Å². The van der Waals surface area contributed by atoms with Gasteiger partial charge in [0.2, 0.25) is 0 Å². The van der Waals surface area contributed by atoms with E-state index in [1.807, 2.05) is 12.1 Å². The Morgan fingerprint density at radius 3 is 2.34 bits per heavy atom. The Hall–Kier alpha value is -3.06. The van der Waals surface area contributed by atoms with Gasteiger partial charge in [-0.3, -0.25) is 9.69 Å². The summed E-state index contributed by atoms with van der Waals surface area (Å²) in [6, 6.07) is 22.1. The highest BCUT2D eigenvalue weighted by Gasteiger charge is 2.32. The molecule has 1 fully saturated rings. The van der Waals surface area contributed by atoms with Gasteiger partial charge in [-0.1, -0.05) is 41.9 Å². The van der Waals surface area contributed by atoms with Gasteiger partial charge in [0.25, 0.3) is 5.91 Å². The second kappa shape index (κ2) is 10.3. The van der Waals surface area contributed by atoms with Gasteiger partial charge in [0.05, 0.1) is 12.3 Å². The standard InChI is InChI=1S/C28H28ClN3O2S/c1-19-20(2)35-28(30-27(33)24-9-6-18-34-24)25(19)26(21-10-12-22(29)13-11-21)32-16-14-31(15-17-32)23-7-4-3-5-8-23/h3-13,18,26H,14-17H2,1-2H3,(H,30,33)/t26-/m1/s1. The van der Waals surface area contributed by atoms with Crippen LogP contribution in [0.5, 0.6) is 0 Å². The van der Waals surface area contributed by atoms with E-state index in [0.29, 0.717) is 10.8 Å². The molecule has 4 aromatic rings. The number of anilines is 2. The third-order valence-corrected chi connectivity index (χ3v) is 8.05. The van der Waals surface area contributed by atoms with E-state index in [1.165, 1.54) is 22.4 Å². The van der Waals surface area contributed by atoms with E-state index in [0.717, 1.165) is 42.3 Å². The molecule has 1 saturated heterocycles. The second-order valence-corrected chi connectivity index (χ2v) is 10.4. The Balaban J connectivity index is 1.49. The van der Waals surface area contributed by atoms with Crippen LogP contribution in [0.25, 0.3) is 0 Å². The first kappa shape index (κ1) is 23.7. The van der Waals surface area contributed by atoms with Crippen LogP contribution in [0.4, 0.5) is 10.7 Å². The summed E-state index contributed by atoms with van der Waals surface area (Å²) in [5, 5.41) is 4.71. The van der Waals surface area contributed by atoms with Crippen LogP contribution >= 0.6 is 22.9 Å². The van der Waals surface area contributed by atoms with Gasteiger partial charge in [-0.2, -0.15) is 0 Å². The van der Waals surface area contributed by atoms with Crippen molar-refractivity contribution >= 4 is 39.5 Å². The summed E-state index contributed by atoms with van der Waals surface area (Å²) in [4.78, 5) is 19.0. The highest BCUT2D eigenvalue weighted by atomic mass is 35.5. The lowest BCUT2D eigenvalue weighted by molar-refractivity contribution is 0.0996. The molecule has 5 rings (SSSR count). The number of carbonyl (C=O) groups is 1. The average molecular weight is 506 g/mol. The number of aryl methyl sites for hydroxylation is 1. The van der Waals surface area contributed by atoms with Gasteiger partial charge < -0.3 is 14.6 Å². The second-order valence-electron chi connectivity index (χ2n) is 8.77. The number of nitrogens with one attached hydrogen (secondary N) is 1. The van der Waals surface area contributed by atoms with Gasteiger partial charge in [0.15, 0.2) is 5.76 Å². The normalized spacial score (nSPS) is 15.2. The number of hydrogen-bond donors (Lipinski definition) is 1. The first-order chi connectivity index (χ1) is 17.0. The maximum absolute atomic E-state index is 12.9. The molecule has 1 amide bonds. The zero-order valence-corrected chi connectivity index (χ0v) is 21.4. The Morgan fingerprint density at radius 2 is 1.69 bits per heavy atom. The third-order valence-electron chi connectivity index (χ3n) is 6.66. The molecule has 2 aromatic carbocycles. The summed E-state index contributed by atoms with van der Waals surface area (Å²) in [7, 11) is 0. The molecule has 5 nitrogen and oxygen atoms in total. The predicted octanol–water partition coefficient (Wildman–Crippen LogP) is 6.78.